The Morgan fingerprint density at radius 2 is 2.24 bits per heavy atom. The normalized spacial score (nSPS) is 17.0. The minimum Gasteiger partial charge on any atom is -0.492 e. The molecule has 1 fully saturated rings. The number of rotatable bonds is 5. The highest BCUT2D eigenvalue weighted by Crippen LogP contribution is 2.27. The molecule has 0 unspecified atom stereocenters. The zero-order valence-corrected chi connectivity index (χ0v) is 13.0. The van der Waals surface area contributed by atoms with Gasteiger partial charge < -0.3 is 15.4 Å². The zero-order chi connectivity index (χ0) is 13.8. The predicted octanol–water partition coefficient (Wildman–Crippen LogP) is 2.05. The third-order valence-corrected chi connectivity index (χ3v) is 3.90. The molecule has 0 aromatic heterocycles. The predicted molar refractivity (Wildman–Crippen MR) is 84.9 cm³/mol. The van der Waals surface area contributed by atoms with Crippen molar-refractivity contribution in [1.82, 2.24) is 10.6 Å². The van der Waals surface area contributed by atoms with Gasteiger partial charge in [0.25, 0.3) is 0 Å². The molecule has 0 bridgehead atoms. The number of hydrogen-bond donors (Lipinski definition) is 2. The highest BCUT2D eigenvalue weighted by molar-refractivity contribution is 5.85. The van der Waals surface area contributed by atoms with Gasteiger partial charge in [-0.2, -0.15) is 0 Å². The van der Waals surface area contributed by atoms with Crippen molar-refractivity contribution in [2.24, 2.45) is 5.92 Å². The van der Waals surface area contributed by atoms with E-state index in [2.05, 4.69) is 22.8 Å². The van der Waals surface area contributed by atoms with Gasteiger partial charge in [-0.3, -0.25) is 4.79 Å². The van der Waals surface area contributed by atoms with E-state index in [0.29, 0.717) is 6.42 Å². The summed E-state index contributed by atoms with van der Waals surface area (Å²) >= 11 is 0. The first-order valence-electron chi connectivity index (χ1n) is 7.53. The third kappa shape index (κ3) is 4.90. The lowest BCUT2D eigenvalue weighted by Gasteiger charge is -2.09. The van der Waals surface area contributed by atoms with Crippen LogP contribution in [0, 0.1) is 5.92 Å². The highest BCUT2D eigenvalue weighted by atomic mass is 35.5. The first-order valence-corrected chi connectivity index (χ1v) is 7.53. The van der Waals surface area contributed by atoms with Crippen LogP contribution in [0.1, 0.15) is 30.4 Å². The van der Waals surface area contributed by atoms with E-state index < -0.39 is 0 Å². The first-order chi connectivity index (χ1) is 9.81. The molecule has 2 N–H and O–H groups in total. The van der Waals surface area contributed by atoms with Crippen molar-refractivity contribution in [3.05, 3.63) is 29.3 Å². The van der Waals surface area contributed by atoms with Gasteiger partial charge in [-0.1, -0.05) is 12.1 Å². The number of carbonyl (C=O) groups excluding carboxylic acids is 1. The van der Waals surface area contributed by atoms with Crippen LogP contribution in [-0.4, -0.2) is 25.6 Å². The lowest BCUT2D eigenvalue weighted by molar-refractivity contribution is -0.121. The number of benzene rings is 1. The van der Waals surface area contributed by atoms with E-state index in [1.165, 1.54) is 24.0 Å². The topological polar surface area (TPSA) is 50.4 Å². The molecule has 1 aromatic carbocycles. The number of hydrogen-bond acceptors (Lipinski definition) is 3. The molecular weight excluding hydrogens is 288 g/mol. The van der Waals surface area contributed by atoms with Crippen LogP contribution in [0.15, 0.2) is 18.2 Å². The summed E-state index contributed by atoms with van der Waals surface area (Å²) in [6.07, 6.45) is 3.92. The fourth-order valence-corrected chi connectivity index (χ4v) is 2.45. The molecule has 2 aliphatic rings. The number of aryl methyl sites for hydroxylation is 1. The van der Waals surface area contributed by atoms with Crippen LogP contribution in [0.3, 0.4) is 0 Å². The number of nitrogens with one attached hydrogen (secondary N) is 2. The number of halogens is 1. The molecule has 0 spiro atoms. The fraction of sp³-hybridized carbons (Fsp3) is 0.562. The van der Waals surface area contributed by atoms with Crippen molar-refractivity contribution in [3.63, 3.8) is 0 Å². The molecule has 0 saturated heterocycles. The van der Waals surface area contributed by atoms with Crippen LogP contribution in [0.25, 0.3) is 0 Å². The van der Waals surface area contributed by atoms with E-state index >= 15 is 0 Å². The van der Waals surface area contributed by atoms with Crippen LogP contribution in [0.4, 0.5) is 0 Å². The molecule has 1 aliphatic heterocycles. The summed E-state index contributed by atoms with van der Waals surface area (Å²) < 4.78 is 5.66. The van der Waals surface area contributed by atoms with Gasteiger partial charge in [0.2, 0.25) is 5.91 Å². The fourth-order valence-electron chi connectivity index (χ4n) is 2.45. The van der Waals surface area contributed by atoms with E-state index in [1.54, 1.807) is 0 Å². The molecule has 1 heterocycles. The van der Waals surface area contributed by atoms with Gasteiger partial charge in [0.05, 0.1) is 0 Å². The average molecular weight is 311 g/mol. The van der Waals surface area contributed by atoms with Gasteiger partial charge in [-0.15, -0.1) is 12.4 Å². The van der Waals surface area contributed by atoms with E-state index in [4.69, 9.17) is 4.74 Å². The summed E-state index contributed by atoms with van der Waals surface area (Å²) in [5.74, 6) is 1.88. The Morgan fingerprint density at radius 1 is 1.38 bits per heavy atom. The van der Waals surface area contributed by atoms with E-state index in [9.17, 15) is 4.79 Å². The van der Waals surface area contributed by atoms with Gasteiger partial charge in [-0.25, -0.2) is 0 Å². The molecule has 0 radical (unpaired) electrons. The molecule has 0 atom stereocenters. The van der Waals surface area contributed by atoms with Crippen LogP contribution in [0.2, 0.25) is 0 Å². The Balaban J connectivity index is 0.00000161. The van der Waals surface area contributed by atoms with Crippen LogP contribution in [0.5, 0.6) is 5.75 Å². The van der Waals surface area contributed by atoms with Crippen LogP contribution in [-0.2, 0) is 17.8 Å². The Hall–Kier alpha value is -1.26. The van der Waals surface area contributed by atoms with Crippen molar-refractivity contribution >= 4 is 18.3 Å². The summed E-state index contributed by atoms with van der Waals surface area (Å²) in [6, 6.07) is 6.25. The third-order valence-electron chi connectivity index (χ3n) is 3.90. The zero-order valence-electron chi connectivity index (χ0n) is 12.2. The van der Waals surface area contributed by atoms with Crippen molar-refractivity contribution in [2.75, 3.05) is 19.7 Å². The maximum atomic E-state index is 11.7. The minimum absolute atomic E-state index is 0. The SMILES string of the molecule is Cl.O=C(CCc1ccc2c(c1)CNCCO2)NCC1CC1. The summed E-state index contributed by atoms with van der Waals surface area (Å²) in [5, 5.41) is 6.34. The van der Waals surface area contributed by atoms with E-state index in [0.717, 1.165) is 44.3 Å². The standard InChI is InChI=1S/C16H22N2O2.ClH/c19-16(18-10-13-1-2-13)6-4-12-3-5-15-14(9-12)11-17-7-8-20-15;/h3,5,9,13,17H,1-2,4,6-8,10-11H2,(H,18,19);1H. The molecule has 1 amide bonds. The largest absolute Gasteiger partial charge is 0.492 e. The van der Waals surface area contributed by atoms with Crippen molar-refractivity contribution in [3.8, 4) is 5.75 Å². The monoisotopic (exact) mass is 310 g/mol. The van der Waals surface area contributed by atoms with E-state index in [-0.39, 0.29) is 18.3 Å². The Bertz CT molecular complexity index is 489. The van der Waals surface area contributed by atoms with Gasteiger partial charge >= 0.3 is 0 Å². The van der Waals surface area contributed by atoms with Gasteiger partial charge in [0, 0.05) is 31.6 Å². The second kappa shape index (κ2) is 7.66. The first kappa shape index (κ1) is 16.1. The molecule has 4 nitrogen and oxygen atoms in total. The Kier molecular flexibility index (Phi) is 5.88. The second-order valence-electron chi connectivity index (χ2n) is 5.71. The maximum Gasteiger partial charge on any atom is 0.220 e. The number of amides is 1. The van der Waals surface area contributed by atoms with E-state index in [1.807, 2.05) is 6.07 Å². The van der Waals surface area contributed by atoms with Crippen molar-refractivity contribution in [2.45, 2.75) is 32.2 Å². The summed E-state index contributed by atoms with van der Waals surface area (Å²) in [4.78, 5) is 11.7. The van der Waals surface area contributed by atoms with Crippen LogP contribution >= 0.6 is 12.4 Å². The molecule has 1 saturated carbocycles. The number of ether oxygens (including phenoxy) is 1. The van der Waals surface area contributed by atoms with Gasteiger partial charge in [0.1, 0.15) is 12.4 Å². The second-order valence-corrected chi connectivity index (χ2v) is 5.71. The molecular formula is C16H23ClN2O2. The lowest BCUT2D eigenvalue weighted by Crippen LogP contribution is -2.25. The number of fused-ring (bicyclic) bond motifs is 1. The Morgan fingerprint density at radius 3 is 3.05 bits per heavy atom. The summed E-state index contributed by atoms with van der Waals surface area (Å²) in [5.41, 5.74) is 2.40. The molecule has 1 aliphatic carbocycles. The van der Waals surface area contributed by atoms with Crippen molar-refractivity contribution < 1.29 is 9.53 Å². The van der Waals surface area contributed by atoms with Gasteiger partial charge in [0.15, 0.2) is 0 Å². The van der Waals surface area contributed by atoms with Crippen LogP contribution < -0.4 is 15.4 Å². The highest BCUT2D eigenvalue weighted by Gasteiger charge is 2.21. The quantitative estimate of drug-likeness (QED) is 0.875. The lowest BCUT2D eigenvalue weighted by atomic mass is 10.1. The van der Waals surface area contributed by atoms with Gasteiger partial charge in [-0.05, 0) is 36.8 Å². The summed E-state index contributed by atoms with van der Waals surface area (Å²) in [7, 11) is 0. The maximum absolute atomic E-state index is 11.7. The Labute approximate surface area is 132 Å². The molecule has 1 aromatic rings. The smallest absolute Gasteiger partial charge is 0.220 e. The molecule has 116 valence electrons. The number of carbonyl (C=O) groups is 1. The molecule has 3 rings (SSSR count). The molecule has 21 heavy (non-hydrogen) atoms. The minimum atomic E-state index is 0. The average Bonchev–Trinajstić information content (AvgIpc) is 3.29. The molecule has 5 heteroatoms. The summed E-state index contributed by atoms with van der Waals surface area (Å²) in [6.45, 7) is 3.31. The van der Waals surface area contributed by atoms with Crippen molar-refractivity contribution in [1.29, 1.82) is 0 Å².